The van der Waals surface area contributed by atoms with Crippen molar-refractivity contribution in [2.75, 3.05) is 57.9 Å². The molecular formula is C17H24N4O2. The van der Waals surface area contributed by atoms with Gasteiger partial charge in [-0.1, -0.05) is 0 Å². The number of pyridine rings is 1. The first-order chi connectivity index (χ1) is 11.2. The monoisotopic (exact) mass is 316 g/mol. The Bertz CT molecular complexity index is 570. The number of carbonyl (C=O) groups is 1. The number of rotatable bonds is 2. The number of likely N-dealkylation sites (tertiary alicyclic amines) is 1. The Balaban J connectivity index is 1.43. The van der Waals surface area contributed by atoms with Crippen molar-refractivity contribution < 1.29 is 9.53 Å². The molecule has 0 aliphatic carbocycles. The molecule has 6 heteroatoms. The van der Waals surface area contributed by atoms with Crippen LogP contribution >= 0.6 is 0 Å². The van der Waals surface area contributed by atoms with E-state index < -0.39 is 0 Å². The van der Waals surface area contributed by atoms with Crippen molar-refractivity contribution in [3.05, 3.63) is 23.9 Å². The maximum absolute atomic E-state index is 12.4. The standard InChI is InChI=1S/C17H24N4O2/c1-19-5-4-14-11-21(12-15(14)19)16-3-2-13(10-18-16)17(22)20-6-8-23-9-7-20/h2-3,10,14-15H,4-9,11-12H2,1H3/t14-,15+/m1/s1. The lowest BCUT2D eigenvalue weighted by atomic mass is 10.1. The van der Waals surface area contributed by atoms with Gasteiger partial charge in [-0.3, -0.25) is 4.79 Å². The number of likely N-dealkylation sites (N-methyl/N-ethyl adjacent to an activating group) is 1. The fourth-order valence-electron chi connectivity index (χ4n) is 4.01. The normalized spacial score (nSPS) is 28.2. The Morgan fingerprint density at radius 2 is 2.04 bits per heavy atom. The number of anilines is 1. The molecular weight excluding hydrogens is 292 g/mol. The number of morpholine rings is 1. The molecule has 0 spiro atoms. The van der Waals surface area contributed by atoms with E-state index in [9.17, 15) is 4.79 Å². The minimum absolute atomic E-state index is 0.0605. The lowest BCUT2D eigenvalue weighted by Crippen LogP contribution is -2.40. The zero-order chi connectivity index (χ0) is 15.8. The lowest BCUT2D eigenvalue weighted by Gasteiger charge is -2.27. The van der Waals surface area contributed by atoms with E-state index in [1.807, 2.05) is 17.0 Å². The smallest absolute Gasteiger partial charge is 0.255 e. The van der Waals surface area contributed by atoms with Crippen molar-refractivity contribution in [1.29, 1.82) is 0 Å². The highest BCUT2D eigenvalue weighted by Crippen LogP contribution is 2.32. The van der Waals surface area contributed by atoms with Crippen LogP contribution in [-0.2, 0) is 4.74 Å². The summed E-state index contributed by atoms with van der Waals surface area (Å²) in [5.41, 5.74) is 0.673. The molecule has 0 saturated carbocycles. The average molecular weight is 316 g/mol. The first-order valence-corrected chi connectivity index (χ1v) is 8.50. The molecule has 2 atom stereocenters. The van der Waals surface area contributed by atoms with E-state index in [1.54, 1.807) is 6.20 Å². The molecule has 0 aromatic carbocycles. The van der Waals surface area contributed by atoms with Crippen LogP contribution < -0.4 is 4.90 Å². The highest BCUT2D eigenvalue weighted by molar-refractivity contribution is 5.94. The van der Waals surface area contributed by atoms with E-state index in [4.69, 9.17) is 4.74 Å². The minimum atomic E-state index is 0.0605. The van der Waals surface area contributed by atoms with E-state index >= 15 is 0 Å². The van der Waals surface area contributed by atoms with E-state index in [0.29, 0.717) is 37.9 Å². The second-order valence-corrected chi connectivity index (χ2v) is 6.81. The van der Waals surface area contributed by atoms with Crippen molar-refractivity contribution in [2.45, 2.75) is 12.5 Å². The number of hydrogen-bond acceptors (Lipinski definition) is 5. The fraction of sp³-hybridized carbons (Fsp3) is 0.647. The molecule has 4 heterocycles. The van der Waals surface area contributed by atoms with Crippen LogP contribution in [0.25, 0.3) is 0 Å². The Hall–Kier alpha value is -1.66. The Labute approximate surface area is 137 Å². The molecule has 0 radical (unpaired) electrons. The Morgan fingerprint density at radius 3 is 2.74 bits per heavy atom. The van der Waals surface area contributed by atoms with Gasteiger partial charge in [-0.25, -0.2) is 4.98 Å². The molecule has 0 bridgehead atoms. The van der Waals surface area contributed by atoms with Crippen LogP contribution in [0.15, 0.2) is 18.3 Å². The van der Waals surface area contributed by atoms with Crippen LogP contribution in [0.5, 0.6) is 0 Å². The first kappa shape index (κ1) is 14.9. The van der Waals surface area contributed by atoms with E-state index in [0.717, 1.165) is 24.8 Å². The van der Waals surface area contributed by atoms with Gasteiger partial charge < -0.3 is 19.4 Å². The molecule has 0 N–H and O–H groups in total. The van der Waals surface area contributed by atoms with E-state index in [-0.39, 0.29) is 5.91 Å². The molecule has 1 aromatic rings. The number of aromatic nitrogens is 1. The zero-order valence-corrected chi connectivity index (χ0v) is 13.6. The summed E-state index contributed by atoms with van der Waals surface area (Å²) in [6.07, 6.45) is 3.01. The predicted molar refractivity (Wildman–Crippen MR) is 87.7 cm³/mol. The summed E-state index contributed by atoms with van der Waals surface area (Å²) in [6, 6.07) is 4.57. The summed E-state index contributed by atoms with van der Waals surface area (Å²) in [6.45, 7) is 5.93. The Kier molecular flexibility index (Phi) is 3.95. The first-order valence-electron chi connectivity index (χ1n) is 8.50. The summed E-state index contributed by atoms with van der Waals surface area (Å²) in [5, 5.41) is 0. The van der Waals surface area contributed by atoms with Crippen molar-refractivity contribution in [2.24, 2.45) is 5.92 Å². The van der Waals surface area contributed by atoms with Gasteiger partial charge in [0.15, 0.2) is 0 Å². The van der Waals surface area contributed by atoms with Crippen LogP contribution in [-0.4, -0.2) is 79.7 Å². The van der Waals surface area contributed by atoms with Gasteiger partial charge in [-0.05, 0) is 38.1 Å². The summed E-state index contributed by atoms with van der Waals surface area (Å²) in [4.78, 5) is 23.7. The van der Waals surface area contributed by atoms with Crippen LogP contribution in [0.2, 0.25) is 0 Å². The van der Waals surface area contributed by atoms with Crippen molar-refractivity contribution in [1.82, 2.24) is 14.8 Å². The van der Waals surface area contributed by atoms with Crippen LogP contribution in [0.4, 0.5) is 5.82 Å². The van der Waals surface area contributed by atoms with Crippen molar-refractivity contribution >= 4 is 11.7 Å². The Morgan fingerprint density at radius 1 is 1.22 bits per heavy atom. The number of nitrogens with zero attached hydrogens (tertiary/aromatic N) is 4. The van der Waals surface area contributed by atoms with Crippen molar-refractivity contribution in [3.8, 4) is 0 Å². The highest BCUT2D eigenvalue weighted by atomic mass is 16.5. The van der Waals surface area contributed by atoms with Gasteiger partial charge in [0.2, 0.25) is 0 Å². The average Bonchev–Trinajstić information content (AvgIpc) is 3.18. The molecule has 3 aliphatic rings. The largest absolute Gasteiger partial charge is 0.378 e. The zero-order valence-electron chi connectivity index (χ0n) is 13.6. The maximum atomic E-state index is 12.4. The third-order valence-corrected chi connectivity index (χ3v) is 5.44. The topological polar surface area (TPSA) is 48.9 Å². The number of ether oxygens (including phenoxy) is 1. The summed E-state index contributed by atoms with van der Waals surface area (Å²) >= 11 is 0. The molecule has 3 aliphatic heterocycles. The van der Waals surface area contributed by atoms with Gasteiger partial charge in [0, 0.05) is 38.4 Å². The molecule has 1 aromatic heterocycles. The highest BCUT2D eigenvalue weighted by Gasteiger charge is 2.39. The van der Waals surface area contributed by atoms with Crippen LogP contribution in [0.3, 0.4) is 0 Å². The minimum Gasteiger partial charge on any atom is -0.378 e. The van der Waals surface area contributed by atoms with Crippen LogP contribution in [0, 0.1) is 5.92 Å². The summed E-state index contributed by atoms with van der Waals surface area (Å²) in [5.74, 6) is 1.81. The quantitative estimate of drug-likeness (QED) is 0.804. The fourth-order valence-corrected chi connectivity index (χ4v) is 4.01. The van der Waals surface area contributed by atoms with Gasteiger partial charge in [-0.2, -0.15) is 0 Å². The van der Waals surface area contributed by atoms with Gasteiger partial charge >= 0.3 is 0 Å². The third kappa shape index (κ3) is 2.81. The number of carbonyl (C=O) groups excluding carboxylic acids is 1. The molecule has 3 fully saturated rings. The molecule has 3 saturated heterocycles. The van der Waals surface area contributed by atoms with Crippen molar-refractivity contribution in [3.63, 3.8) is 0 Å². The van der Waals surface area contributed by atoms with Gasteiger partial charge in [0.25, 0.3) is 5.91 Å². The second-order valence-electron chi connectivity index (χ2n) is 6.81. The molecule has 23 heavy (non-hydrogen) atoms. The molecule has 6 nitrogen and oxygen atoms in total. The SMILES string of the molecule is CN1CC[C@@H]2CN(c3ccc(C(=O)N4CCOCC4)cn3)C[C@@H]21. The third-order valence-electron chi connectivity index (χ3n) is 5.44. The van der Waals surface area contributed by atoms with Gasteiger partial charge in [0.05, 0.1) is 18.8 Å². The van der Waals surface area contributed by atoms with Crippen LogP contribution in [0.1, 0.15) is 16.8 Å². The molecule has 4 rings (SSSR count). The maximum Gasteiger partial charge on any atom is 0.255 e. The van der Waals surface area contributed by atoms with Gasteiger partial charge in [0.1, 0.15) is 5.82 Å². The van der Waals surface area contributed by atoms with E-state index in [1.165, 1.54) is 13.0 Å². The number of amides is 1. The summed E-state index contributed by atoms with van der Waals surface area (Å²) in [7, 11) is 2.21. The van der Waals surface area contributed by atoms with Gasteiger partial charge in [-0.15, -0.1) is 0 Å². The predicted octanol–water partition coefficient (Wildman–Crippen LogP) is 0.694. The molecule has 0 unspecified atom stereocenters. The van der Waals surface area contributed by atoms with E-state index in [2.05, 4.69) is 21.8 Å². The number of hydrogen-bond donors (Lipinski definition) is 0. The molecule has 124 valence electrons. The number of fused-ring (bicyclic) bond motifs is 1. The molecule has 1 amide bonds. The lowest BCUT2D eigenvalue weighted by molar-refractivity contribution is 0.0302. The summed E-state index contributed by atoms with van der Waals surface area (Å²) < 4.78 is 5.30. The second kappa shape index (κ2) is 6.09.